The highest BCUT2D eigenvalue weighted by Gasteiger charge is 2.45. The van der Waals surface area contributed by atoms with E-state index in [1.54, 1.807) is 6.92 Å². The molecule has 2 fully saturated rings. The molecule has 40 heavy (non-hydrogen) atoms. The summed E-state index contributed by atoms with van der Waals surface area (Å²) in [7, 11) is 0. The van der Waals surface area contributed by atoms with Gasteiger partial charge in [0.1, 0.15) is 0 Å². The van der Waals surface area contributed by atoms with Gasteiger partial charge in [-0.25, -0.2) is 0 Å². The lowest BCUT2D eigenvalue weighted by Gasteiger charge is -2.34. The lowest BCUT2D eigenvalue weighted by molar-refractivity contribution is -0.152. The summed E-state index contributed by atoms with van der Waals surface area (Å²) in [5.74, 6) is -2.52. The van der Waals surface area contributed by atoms with E-state index in [0.717, 1.165) is 47.9 Å². The number of hydrogen-bond acceptors (Lipinski definition) is 5. The van der Waals surface area contributed by atoms with Gasteiger partial charge in [-0.2, -0.15) is 18.3 Å². The lowest BCUT2D eigenvalue weighted by Crippen LogP contribution is -2.40. The maximum atomic E-state index is 14.5. The smallest absolute Gasteiger partial charge is 0.433 e. The molecule has 0 bridgehead atoms. The molecule has 0 aromatic carbocycles. The summed E-state index contributed by atoms with van der Waals surface area (Å²) >= 11 is 12.3. The van der Waals surface area contributed by atoms with E-state index < -0.39 is 53.1 Å². The average molecular weight is 603 g/mol. The third-order valence-corrected chi connectivity index (χ3v) is 8.75. The summed E-state index contributed by atoms with van der Waals surface area (Å²) in [6, 6.07) is -0.714. The van der Waals surface area contributed by atoms with Crippen LogP contribution < -0.4 is 0 Å². The summed E-state index contributed by atoms with van der Waals surface area (Å²) in [6.07, 6.45) is 3.68. The fraction of sp³-hybridized carbons (Fsp3) is 0.593. The number of pyridine rings is 1. The lowest BCUT2D eigenvalue weighted by atomic mass is 9.74. The Hall–Kier alpha value is -2.66. The Morgan fingerprint density at radius 1 is 1.05 bits per heavy atom. The van der Waals surface area contributed by atoms with Gasteiger partial charge in [0.05, 0.1) is 45.4 Å². The number of amides is 1. The molecule has 4 rings (SSSR count). The van der Waals surface area contributed by atoms with Gasteiger partial charge in [-0.1, -0.05) is 42.5 Å². The minimum atomic E-state index is -4.91. The molecule has 13 heteroatoms. The van der Waals surface area contributed by atoms with Gasteiger partial charge in [0.25, 0.3) is 5.91 Å². The van der Waals surface area contributed by atoms with Crippen LogP contribution in [0.3, 0.4) is 0 Å². The Labute approximate surface area is 239 Å². The first kappa shape index (κ1) is 30.3. The van der Waals surface area contributed by atoms with E-state index in [0.29, 0.717) is 0 Å². The highest BCUT2D eigenvalue weighted by Crippen LogP contribution is 2.43. The number of carbonyl (C=O) groups is 3. The molecule has 218 valence electrons. The second-order valence-electron chi connectivity index (χ2n) is 11.0. The van der Waals surface area contributed by atoms with Crippen LogP contribution in [0.5, 0.6) is 0 Å². The highest BCUT2D eigenvalue weighted by molar-refractivity contribution is 6.39. The number of carbonyl (C=O) groups excluding carboxylic acids is 2. The van der Waals surface area contributed by atoms with Crippen molar-refractivity contribution in [3.63, 3.8) is 0 Å². The van der Waals surface area contributed by atoms with E-state index in [4.69, 9.17) is 23.2 Å². The quantitative estimate of drug-likeness (QED) is 0.336. The minimum absolute atomic E-state index is 0.0166. The molecule has 0 spiro atoms. The van der Waals surface area contributed by atoms with Crippen LogP contribution in [0, 0.1) is 11.3 Å². The van der Waals surface area contributed by atoms with Crippen LogP contribution >= 0.6 is 23.2 Å². The van der Waals surface area contributed by atoms with Crippen molar-refractivity contribution < 1.29 is 32.7 Å². The molecule has 2 aliphatic rings. The molecule has 2 aromatic heterocycles. The number of aromatic nitrogens is 3. The number of Topliss-reactive ketones (excluding diaryl/α,β-unsaturated/α-hetero) is 1. The first-order valence-corrected chi connectivity index (χ1v) is 14.1. The zero-order valence-electron chi connectivity index (χ0n) is 22.0. The Balaban J connectivity index is 1.66. The van der Waals surface area contributed by atoms with E-state index in [1.807, 2.05) is 0 Å². The summed E-state index contributed by atoms with van der Waals surface area (Å²) in [4.78, 5) is 43.6. The molecule has 2 aliphatic carbocycles. The molecule has 0 radical (unpaired) electrons. The van der Waals surface area contributed by atoms with E-state index in [1.165, 1.54) is 12.4 Å². The first-order valence-electron chi connectivity index (χ1n) is 13.3. The number of aliphatic carboxylic acids is 1. The molecule has 1 amide bonds. The zero-order chi connectivity index (χ0) is 29.2. The van der Waals surface area contributed by atoms with Gasteiger partial charge in [-0.15, -0.1) is 0 Å². The topological polar surface area (TPSA) is 105 Å². The van der Waals surface area contributed by atoms with Gasteiger partial charge in [-0.3, -0.25) is 24.0 Å². The van der Waals surface area contributed by atoms with Crippen LogP contribution in [0.25, 0.3) is 0 Å². The van der Waals surface area contributed by atoms with Crippen LogP contribution in [0.2, 0.25) is 10.0 Å². The van der Waals surface area contributed by atoms with Crippen molar-refractivity contribution in [1.82, 2.24) is 19.7 Å². The summed E-state index contributed by atoms with van der Waals surface area (Å²) < 4.78 is 44.2. The molecule has 2 heterocycles. The third-order valence-electron chi connectivity index (χ3n) is 8.17. The Bertz CT molecular complexity index is 1250. The van der Waals surface area contributed by atoms with Crippen molar-refractivity contribution in [2.75, 3.05) is 13.1 Å². The number of hydrogen-bond donors (Lipinski definition) is 1. The second-order valence-corrected chi connectivity index (χ2v) is 11.9. The number of rotatable bonds is 8. The maximum Gasteiger partial charge on any atom is 0.433 e. The molecule has 0 unspecified atom stereocenters. The number of carboxylic acid groups (broad SMARTS) is 1. The molecular formula is C27H31Cl2F3N4O4. The van der Waals surface area contributed by atoms with E-state index in [9.17, 15) is 32.7 Å². The zero-order valence-corrected chi connectivity index (χ0v) is 23.5. The van der Waals surface area contributed by atoms with Crippen molar-refractivity contribution in [2.24, 2.45) is 11.3 Å². The normalized spacial score (nSPS) is 22.2. The van der Waals surface area contributed by atoms with Crippen molar-refractivity contribution in [1.29, 1.82) is 0 Å². The minimum Gasteiger partial charge on any atom is -0.481 e. The Morgan fingerprint density at radius 2 is 1.65 bits per heavy atom. The molecule has 2 aromatic rings. The van der Waals surface area contributed by atoms with Crippen molar-refractivity contribution >= 4 is 40.9 Å². The van der Waals surface area contributed by atoms with Crippen molar-refractivity contribution in [2.45, 2.75) is 76.9 Å². The largest absolute Gasteiger partial charge is 0.481 e. The Kier molecular flexibility index (Phi) is 9.14. The van der Waals surface area contributed by atoms with Crippen LogP contribution in [0.15, 0.2) is 18.6 Å². The second kappa shape index (κ2) is 12.1. The van der Waals surface area contributed by atoms with Crippen LogP contribution in [0.4, 0.5) is 13.2 Å². The molecular weight excluding hydrogens is 572 g/mol. The van der Waals surface area contributed by atoms with E-state index in [-0.39, 0.29) is 53.8 Å². The number of alkyl halides is 3. The fourth-order valence-electron chi connectivity index (χ4n) is 5.78. The van der Waals surface area contributed by atoms with Gasteiger partial charge in [0.15, 0.2) is 11.5 Å². The van der Waals surface area contributed by atoms with E-state index in [2.05, 4.69) is 10.1 Å². The molecule has 0 aliphatic heterocycles. The predicted octanol–water partition coefficient (Wildman–Crippen LogP) is 6.72. The number of ketones is 1. The molecule has 8 nitrogen and oxygen atoms in total. The summed E-state index contributed by atoms with van der Waals surface area (Å²) in [5, 5.41) is 13.4. The standard InChI is InChI=1S/C27H31Cl2F3N4O4/c1-26(25(39)40)9-7-17(8-10-26)36-23(27(30,31)32)18(11-34-36)24(38)35(14-16-5-3-2-4-6-16)15-21(37)22-19(28)12-33-13-20(22)29/h11-13,16-17H,2-10,14-15H2,1H3,(H,39,40). The van der Waals surface area contributed by atoms with Crippen LogP contribution in [-0.2, 0) is 11.0 Å². The van der Waals surface area contributed by atoms with Crippen LogP contribution in [-0.4, -0.2) is 55.5 Å². The summed E-state index contributed by atoms with van der Waals surface area (Å²) in [6.45, 7) is 1.17. The van der Waals surface area contributed by atoms with Crippen molar-refractivity contribution in [3.05, 3.63) is 45.5 Å². The van der Waals surface area contributed by atoms with Crippen molar-refractivity contribution in [3.8, 4) is 0 Å². The monoisotopic (exact) mass is 602 g/mol. The van der Waals surface area contributed by atoms with E-state index >= 15 is 0 Å². The van der Waals surface area contributed by atoms with Crippen LogP contribution in [0.1, 0.15) is 97.2 Å². The van der Waals surface area contributed by atoms with Gasteiger partial charge < -0.3 is 10.0 Å². The van der Waals surface area contributed by atoms with Gasteiger partial charge >= 0.3 is 12.1 Å². The molecule has 0 atom stereocenters. The molecule has 2 saturated carbocycles. The van der Waals surface area contributed by atoms with Gasteiger partial charge in [-0.05, 0) is 51.4 Å². The first-order chi connectivity index (χ1) is 18.8. The number of halogens is 5. The highest BCUT2D eigenvalue weighted by atomic mass is 35.5. The molecule has 1 N–H and O–H groups in total. The average Bonchev–Trinajstić information content (AvgIpc) is 3.35. The Morgan fingerprint density at radius 3 is 2.20 bits per heavy atom. The number of nitrogens with zero attached hydrogens (tertiary/aromatic N) is 4. The predicted molar refractivity (Wildman–Crippen MR) is 142 cm³/mol. The fourth-order valence-corrected chi connectivity index (χ4v) is 6.35. The number of carboxylic acids is 1. The third kappa shape index (κ3) is 6.46. The van der Waals surface area contributed by atoms with Gasteiger partial charge in [0, 0.05) is 18.9 Å². The SMILES string of the molecule is CC1(C(=O)O)CCC(n2ncc(C(=O)N(CC(=O)c3c(Cl)cncc3Cl)CC3CCCCC3)c2C(F)(F)F)CC1. The summed E-state index contributed by atoms with van der Waals surface area (Å²) in [5.41, 5.74) is -2.90. The molecule has 0 saturated heterocycles. The maximum absolute atomic E-state index is 14.5. The van der Waals surface area contributed by atoms with Gasteiger partial charge in [0.2, 0.25) is 0 Å².